The molecule has 3 heterocycles. The van der Waals surface area contributed by atoms with Crippen molar-refractivity contribution < 1.29 is 9.21 Å². The van der Waals surface area contributed by atoms with E-state index in [0.29, 0.717) is 24.0 Å². The fourth-order valence-electron chi connectivity index (χ4n) is 3.08. The van der Waals surface area contributed by atoms with Crippen LogP contribution in [-0.4, -0.2) is 54.0 Å². The zero-order chi connectivity index (χ0) is 17.8. The molecule has 0 aliphatic carbocycles. The first-order valence-corrected chi connectivity index (χ1v) is 8.64. The smallest absolute Gasteiger partial charge is 0.276 e. The Balaban J connectivity index is 1.58. The largest absolute Gasteiger partial charge is 0.448 e. The van der Waals surface area contributed by atoms with Crippen LogP contribution < -0.4 is 10.2 Å². The Morgan fingerprint density at radius 1 is 1.28 bits per heavy atom. The number of rotatable bonds is 4. The summed E-state index contributed by atoms with van der Waals surface area (Å²) in [5, 5.41) is 3.54. The zero-order valence-electron chi connectivity index (χ0n) is 15.0. The molecule has 1 aliphatic rings. The highest BCUT2D eigenvalue weighted by molar-refractivity contribution is 5.93. The second kappa shape index (κ2) is 7.55. The van der Waals surface area contributed by atoms with Gasteiger partial charge in [0.25, 0.3) is 5.91 Å². The van der Waals surface area contributed by atoms with Crippen molar-refractivity contribution in [1.29, 1.82) is 0 Å². The molecule has 1 aliphatic heterocycles. The quantitative estimate of drug-likeness (QED) is 0.920. The third-order valence-electron chi connectivity index (χ3n) is 4.54. The first kappa shape index (κ1) is 17.3. The van der Waals surface area contributed by atoms with Gasteiger partial charge in [-0.1, -0.05) is 0 Å². The van der Waals surface area contributed by atoms with Gasteiger partial charge in [0.15, 0.2) is 12.1 Å². The Bertz CT molecular complexity index is 711. The van der Waals surface area contributed by atoms with Gasteiger partial charge in [-0.15, -0.1) is 0 Å². The molecule has 1 fully saturated rings. The molecule has 1 atom stereocenters. The number of carbonyl (C=O) groups is 1. The number of aromatic nitrogens is 2. The number of amides is 1. The zero-order valence-corrected chi connectivity index (χ0v) is 15.0. The fraction of sp³-hybridized carbons (Fsp3) is 0.500. The summed E-state index contributed by atoms with van der Waals surface area (Å²) >= 11 is 0. The van der Waals surface area contributed by atoms with Crippen molar-refractivity contribution in [3.8, 4) is 0 Å². The third kappa shape index (κ3) is 4.10. The lowest BCUT2D eigenvalue weighted by molar-refractivity contribution is 0.0754. The number of pyridine rings is 1. The molecule has 3 rings (SSSR count). The van der Waals surface area contributed by atoms with Crippen molar-refractivity contribution in [2.45, 2.75) is 32.2 Å². The number of hydrogen-bond acceptors (Lipinski definition) is 6. The Kier molecular flexibility index (Phi) is 5.21. The molecule has 0 bridgehead atoms. The molecule has 2 aromatic heterocycles. The van der Waals surface area contributed by atoms with Crippen LogP contribution in [0.25, 0.3) is 0 Å². The van der Waals surface area contributed by atoms with Crippen molar-refractivity contribution in [3.63, 3.8) is 0 Å². The van der Waals surface area contributed by atoms with E-state index < -0.39 is 0 Å². The molecule has 0 spiro atoms. The first-order valence-electron chi connectivity index (χ1n) is 8.64. The lowest BCUT2D eigenvalue weighted by Gasteiger charge is -2.20. The molecule has 1 N–H and O–H groups in total. The summed E-state index contributed by atoms with van der Waals surface area (Å²) in [4.78, 5) is 24.9. The van der Waals surface area contributed by atoms with Gasteiger partial charge in [-0.2, -0.15) is 0 Å². The van der Waals surface area contributed by atoms with Gasteiger partial charge in [-0.3, -0.25) is 4.79 Å². The predicted molar refractivity (Wildman–Crippen MR) is 97.0 cm³/mol. The maximum atomic E-state index is 12.6. The maximum absolute atomic E-state index is 12.6. The Morgan fingerprint density at radius 3 is 2.76 bits per heavy atom. The van der Waals surface area contributed by atoms with Gasteiger partial charge < -0.3 is 19.5 Å². The SMILES string of the molecule is Cc1ocnc1C(=O)N1CCCC(Nc2ccc(N(C)C)nc2)CC1. The molecular formula is C18H25N5O2. The molecule has 0 radical (unpaired) electrons. The average molecular weight is 343 g/mol. The van der Waals surface area contributed by atoms with Crippen molar-refractivity contribution in [2.75, 3.05) is 37.4 Å². The minimum Gasteiger partial charge on any atom is -0.448 e. The molecule has 7 nitrogen and oxygen atoms in total. The Labute approximate surface area is 148 Å². The van der Waals surface area contributed by atoms with Crippen LogP contribution in [0.1, 0.15) is 35.5 Å². The second-order valence-corrected chi connectivity index (χ2v) is 6.62. The predicted octanol–water partition coefficient (Wildman–Crippen LogP) is 2.55. The molecule has 0 aromatic carbocycles. The molecule has 1 saturated heterocycles. The monoisotopic (exact) mass is 343 g/mol. The number of hydrogen-bond donors (Lipinski definition) is 1. The average Bonchev–Trinajstić information content (AvgIpc) is 2.89. The summed E-state index contributed by atoms with van der Waals surface area (Å²) in [6.07, 6.45) is 6.08. The summed E-state index contributed by atoms with van der Waals surface area (Å²) in [5.41, 5.74) is 1.44. The van der Waals surface area contributed by atoms with Crippen LogP contribution in [0, 0.1) is 6.92 Å². The molecule has 25 heavy (non-hydrogen) atoms. The van der Waals surface area contributed by atoms with Crippen LogP contribution in [0.4, 0.5) is 11.5 Å². The van der Waals surface area contributed by atoms with Crippen LogP contribution in [-0.2, 0) is 0 Å². The third-order valence-corrected chi connectivity index (χ3v) is 4.54. The molecule has 2 aromatic rings. The van der Waals surface area contributed by atoms with Gasteiger partial charge in [-0.05, 0) is 38.3 Å². The summed E-state index contributed by atoms with van der Waals surface area (Å²) in [6, 6.07) is 4.39. The van der Waals surface area contributed by atoms with Crippen LogP contribution >= 0.6 is 0 Å². The Morgan fingerprint density at radius 2 is 2.12 bits per heavy atom. The maximum Gasteiger partial charge on any atom is 0.276 e. The molecule has 7 heteroatoms. The number of aryl methyl sites for hydroxylation is 1. The highest BCUT2D eigenvalue weighted by Gasteiger charge is 2.24. The Hall–Kier alpha value is -2.57. The van der Waals surface area contributed by atoms with Crippen molar-refractivity contribution in [2.24, 2.45) is 0 Å². The highest BCUT2D eigenvalue weighted by Crippen LogP contribution is 2.19. The lowest BCUT2D eigenvalue weighted by atomic mass is 10.1. The number of likely N-dealkylation sites (tertiary alicyclic amines) is 1. The van der Waals surface area contributed by atoms with Crippen molar-refractivity contribution in [1.82, 2.24) is 14.9 Å². The number of carbonyl (C=O) groups excluding carboxylic acids is 1. The van der Waals surface area contributed by atoms with E-state index in [1.54, 1.807) is 6.92 Å². The van der Waals surface area contributed by atoms with Crippen LogP contribution in [0.5, 0.6) is 0 Å². The van der Waals surface area contributed by atoms with Crippen LogP contribution in [0.15, 0.2) is 29.1 Å². The van der Waals surface area contributed by atoms with Gasteiger partial charge in [0.1, 0.15) is 11.6 Å². The standard InChI is InChI=1S/C18H25N5O2/c1-13-17(20-12-25-13)18(24)23-9-4-5-14(8-10-23)21-15-6-7-16(19-11-15)22(2)3/h6-7,11-12,14,21H,4-5,8-10H2,1-3H3. The summed E-state index contributed by atoms with van der Waals surface area (Å²) in [6.45, 7) is 3.24. The van der Waals surface area contributed by atoms with E-state index in [9.17, 15) is 4.79 Å². The number of anilines is 2. The molecular weight excluding hydrogens is 318 g/mol. The minimum atomic E-state index is -0.0381. The van der Waals surface area contributed by atoms with E-state index >= 15 is 0 Å². The number of nitrogens with zero attached hydrogens (tertiary/aromatic N) is 4. The number of oxazole rings is 1. The normalized spacial score (nSPS) is 17.9. The van der Waals surface area contributed by atoms with Crippen LogP contribution in [0.2, 0.25) is 0 Å². The van der Waals surface area contributed by atoms with Gasteiger partial charge >= 0.3 is 0 Å². The van der Waals surface area contributed by atoms with Crippen LogP contribution in [0.3, 0.4) is 0 Å². The van der Waals surface area contributed by atoms with Gasteiger partial charge in [-0.25, -0.2) is 9.97 Å². The van der Waals surface area contributed by atoms with Crippen molar-refractivity contribution in [3.05, 3.63) is 36.2 Å². The van der Waals surface area contributed by atoms with E-state index in [0.717, 1.165) is 37.3 Å². The fourth-order valence-corrected chi connectivity index (χ4v) is 3.08. The molecule has 1 amide bonds. The summed E-state index contributed by atoms with van der Waals surface area (Å²) in [5.74, 6) is 1.48. The van der Waals surface area contributed by atoms with E-state index in [1.165, 1.54) is 6.39 Å². The van der Waals surface area contributed by atoms with Gasteiger partial charge in [0, 0.05) is 33.2 Å². The van der Waals surface area contributed by atoms with E-state index in [-0.39, 0.29) is 5.91 Å². The molecule has 0 saturated carbocycles. The van der Waals surface area contributed by atoms with E-state index in [1.807, 2.05) is 36.2 Å². The number of nitrogens with one attached hydrogen (secondary N) is 1. The van der Waals surface area contributed by atoms with Gasteiger partial charge in [0.05, 0.1) is 11.9 Å². The van der Waals surface area contributed by atoms with Crippen molar-refractivity contribution >= 4 is 17.4 Å². The second-order valence-electron chi connectivity index (χ2n) is 6.62. The highest BCUT2D eigenvalue weighted by atomic mass is 16.3. The summed E-state index contributed by atoms with van der Waals surface area (Å²) in [7, 11) is 3.95. The lowest BCUT2D eigenvalue weighted by Crippen LogP contribution is -2.33. The topological polar surface area (TPSA) is 74.5 Å². The molecule has 134 valence electrons. The minimum absolute atomic E-state index is 0.0381. The van der Waals surface area contributed by atoms with E-state index in [2.05, 4.69) is 21.4 Å². The summed E-state index contributed by atoms with van der Waals surface area (Å²) < 4.78 is 5.15. The molecule has 1 unspecified atom stereocenters. The van der Waals surface area contributed by atoms with E-state index in [4.69, 9.17) is 4.42 Å². The first-order chi connectivity index (χ1) is 12.0. The van der Waals surface area contributed by atoms with Gasteiger partial charge in [0.2, 0.25) is 0 Å².